The van der Waals surface area contributed by atoms with Gasteiger partial charge >= 0.3 is 0 Å². The van der Waals surface area contributed by atoms with E-state index >= 15 is 0 Å². The number of allylic oxidation sites excluding steroid dienone is 1. The van der Waals surface area contributed by atoms with Crippen LogP contribution in [0.5, 0.6) is 0 Å². The molecule has 0 atom stereocenters. The summed E-state index contributed by atoms with van der Waals surface area (Å²) in [5.74, 6) is 0. The Balaban J connectivity index is 2.87. The van der Waals surface area contributed by atoms with E-state index < -0.39 is 0 Å². The van der Waals surface area contributed by atoms with Crippen molar-refractivity contribution in [2.75, 3.05) is 0 Å². The minimum atomic E-state index is 0.775. The number of oxime groups is 1. The molecule has 0 fully saturated rings. The molecule has 1 radical (unpaired) electrons. The van der Waals surface area contributed by atoms with Crippen molar-refractivity contribution in [3.05, 3.63) is 48.0 Å². The zero-order chi connectivity index (χ0) is 8.81. The Kier molecular flexibility index (Phi) is 3.08. The first-order chi connectivity index (χ1) is 5.86. The number of nitrogens with zero attached hydrogens (tertiary/aromatic N) is 1. The van der Waals surface area contributed by atoms with Gasteiger partial charge in [-0.2, -0.15) is 0 Å². The van der Waals surface area contributed by atoms with Crippen molar-refractivity contribution in [1.29, 1.82) is 0 Å². The maximum absolute atomic E-state index is 8.27. The quantitative estimate of drug-likeness (QED) is 0.312. The summed E-state index contributed by atoms with van der Waals surface area (Å²) in [6.07, 6.45) is 4.00. The minimum Gasteiger partial charge on any atom is -0.411 e. The third-order valence-corrected chi connectivity index (χ3v) is 1.47. The van der Waals surface area contributed by atoms with Gasteiger partial charge in [-0.3, -0.25) is 0 Å². The summed E-state index contributed by atoms with van der Waals surface area (Å²) in [7, 11) is 0. The summed E-state index contributed by atoms with van der Waals surface area (Å²) in [6.45, 7) is 3.64. The molecular weight excluding hydrogens is 150 g/mol. The molecule has 0 aromatic heterocycles. The van der Waals surface area contributed by atoms with Crippen molar-refractivity contribution >= 4 is 6.21 Å². The fourth-order valence-electron chi connectivity index (χ4n) is 0.965. The van der Waals surface area contributed by atoms with Crippen LogP contribution in [-0.4, -0.2) is 11.4 Å². The van der Waals surface area contributed by atoms with Crippen molar-refractivity contribution in [2.45, 2.75) is 6.42 Å². The fraction of sp³-hybridized carbons (Fsp3) is 0.100. The highest BCUT2D eigenvalue weighted by Gasteiger charge is 1.91. The molecule has 2 heteroatoms. The molecule has 0 amide bonds. The molecule has 0 unspecified atom stereocenters. The highest BCUT2D eigenvalue weighted by atomic mass is 16.4. The molecule has 0 bridgehead atoms. The van der Waals surface area contributed by atoms with Crippen LogP contribution in [-0.2, 0) is 6.42 Å². The Morgan fingerprint density at radius 2 is 2.50 bits per heavy atom. The first kappa shape index (κ1) is 8.53. The first-order valence-electron chi connectivity index (χ1n) is 3.65. The van der Waals surface area contributed by atoms with Gasteiger partial charge in [0.25, 0.3) is 0 Å². The summed E-state index contributed by atoms with van der Waals surface area (Å²) in [6, 6.07) is 8.58. The Morgan fingerprint density at radius 3 is 3.17 bits per heavy atom. The molecule has 0 spiro atoms. The smallest absolute Gasteiger partial charge is 0.0740 e. The molecule has 0 heterocycles. The molecule has 1 aromatic carbocycles. The van der Waals surface area contributed by atoms with Crippen molar-refractivity contribution in [1.82, 2.24) is 0 Å². The Morgan fingerprint density at radius 1 is 1.67 bits per heavy atom. The molecule has 0 saturated heterocycles. The van der Waals surface area contributed by atoms with Gasteiger partial charge in [-0.25, -0.2) is 0 Å². The van der Waals surface area contributed by atoms with Gasteiger partial charge in [0.05, 0.1) is 6.21 Å². The highest BCUT2D eigenvalue weighted by Crippen LogP contribution is 2.03. The van der Waals surface area contributed by atoms with Crippen LogP contribution in [0.1, 0.15) is 11.1 Å². The van der Waals surface area contributed by atoms with E-state index in [-0.39, 0.29) is 0 Å². The average Bonchev–Trinajstić information content (AvgIpc) is 2.06. The number of hydrogen-bond acceptors (Lipinski definition) is 2. The van der Waals surface area contributed by atoms with Crippen LogP contribution in [0.4, 0.5) is 0 Å². The van der Waals surface area contributed by atoms with Crippen molar-refractivity contribution in [3.63, 3.8) is 0 Å². The number of hydrogen-bond donors (Lipinski definition) is 1. The molecule has 0 aliphatic rings. The maximum Gasteiger partial charge on any atom is 0.0740 e. The molecule has 12 heavy (non-hydrogen) atoms. The molecule has 61 valence electrons. The largest absolute Gasteiger partial charge is 0.411 e. The van der Waals surface area contributed by atoms with Gasteiger partial charge in [0.15, 0.2) is 0 Å². The topological polar surface area (TPSA) is 32.6 Å². The molecule has 0 aliphatic carbocycles. The molecule has 1 N–H and O–H groups in total. The minimum absolute atomic E-state index is 0.775. The standard InChI is InChI=1S/C10H10NO/c1-2-4-9-5-3-6-10(7-9)8-11-12/h2-3,5,7-8,12H,1,4H2/b11-8-. The van der Waals surface area contributed by atoms with Gasteiger partial charge in [0.1, 0.15) is 0 Å². The van der Waals surface area contributed by atoms with Gasteiger partial charge in [0, 0.05) is 5.56 Å². The predicted octanol–water partition coefficient (Wildman–Crippen LogP) is 2.02. The third kappa shape index (κ3) is 2.23. The lowest BCUT2D eigenvalue weighted by Gasteiger charge is -1.96. The lowest BCUT2D eigenvalue weighted by molar-refractivity contribution is 0.322. The zero-order valence-corrected chi connectivity index (χ0v) is 6.70. The van der Waals surface area contributed by atoms with Crippen molar-refractivity contribution in [2.24, 2.45) is 5.16 Å². The van der Waals surface area contributed by atoms with Gasteiger partial charge < -0.3 is 5.21 Å². The lowest BCUT2D eigenvalue weighted by atomic mass is 10.1. The average molecular weight is 160 g/mol. The Labute approximate surface area is 71.8 Å². The summed E-state index contributed by atoms with van der Waals surface area (Å²) in [5, 5.41) is 11.2. The van der Waals surface area contributed by atoms with Gasteiger partial charge in [-0.05, 0) is 24.1 Å². The molecule has 0 saturated carbocycles. The van der Waals surface area contributed by atoms with Crippen LogP contribution >= 0.6 is 0 Å². The van der Waals surface area contributed by atoms with Gasteiger partial charge in [-0.1, -0.05) is 23.4 Å². The van der Waals surface area contributed by atoms with Crippen LogP contribution in [0, 0.1) is 6.07 Å². The number of rotatable bonds is 3. The normalized spacial score (nSPS) is 10.3. The zero-order valence-electron chi connectivity index (χ0n) is 6.70. The van der Waals surface area contributed by atoms with E-state index in [4.69, 9.17) is 5.21 Å². The second kappa shape index (κ2) is 4.34. The fourth-order valence-corrected chi connectivity index (χ4v) is 0.965. The predicted molar refractivity (Wildman–Crippen MR) is 48.6 cm³/mol. The SMILES string of the molecule is C=CCc1cc[c]c(/C=N\O)c1. The van der Waals surface area contributed by atoms with E-state index in [1.165, 1.54) is 6.21 Å². The summed E-state index contributed by atoms with van der Waals surface area (Å²) < 4.78 is 0. The van der Waals surface area contributed by atoms with Crippen LogP contribution in [0.15, 0.2) is 36.0 Å². The van der Waals surface area contributed by atoms with Gasteiger partial charge in [0.2, 0.25) is 0 Å². The summed E-state index contributed by atoms with van der Waals surface area (Å²) >= 11 is 0. The van der Waals surface area contributed by atoms with E-state index in [1.807, 2.05) is 18.2 Å². The monoisotopic (exact) mass is 160 g/mol. The molecule has 2 nitrogen and oxygen atoms in total. The second-order valence-corrected chi connectivity index (χ2v) is 2.39. The van der Waals surface area contributed by atoms with Crippen LogP contribution in [0.2, 0.25) is 0 Å². The van der Waals surface area contributed by atoms with E-state index in [2.05, 4.69) is 17.8 Å². The second-order valence-electron chi connectivity index (χ2n) is 2.39. The van der Waals surface area contributed by atoms with Gasteiger partial charge in [-0.15, -0.1) is 6.58 Å². The molecule has 0 aliphatic heterocycles. The first-order valence-corrected chi connectivity index (χ1v) is 3.65. The van der Waals surface area contributed by atoms with Crippen molar-refractivity contribution < 1.29 is 5.21 Å². The lowest BCUT2D eigenvalue weighted by Crippen LogP contribution is -1.85. The van der Waals surface area contributed by atoms with E-state index in [0.717, 1.165) is 17.5 Å². The molecule has 1 rings (SSSR count). The Bertz CT molecular complexity index is 292. The van der Waals surface area contributed by atoms with Crippen LogP contribution < -0.4 is 0 Å². The number of benzene rings is 1. The van der Waals surface area contributed by atoms with E-state index in [0.29, 0.717) is 0 Å². The maximum atomic E-state index is 8.27. The van der Waals surface area contributed by atoms with E-state index in [1.54, 1.807) is 6.07 Å². The Hall–Kier alpha value is -1.57. The highest BCUT2D eigenvalue weighted by molar-refractivity contribution is 5.78. The van der Waals surface area contributed by atoms with Crippen LogP contribution in [0.25, 0.3) is 0 Å². The third-order valence-electron chi connectivity index (χ3n) is 1.47. The van der Waals surface area contributed by atoms with Crippen LogP contribution in [0.3, 0.4) is 0 Å². The summed E-state index contributed by atoms with van der Waals surface area (Å²) in [4.78, 5) is 0. The summed E-state index contributed by atoms with van der Waals surface area (Å²) in [5.41, 5.74) is 1.91. The van der Waals surface area contributed by atoms with Crippen molar-refractivity contribution in [3.8, 4) is 0 Å². The van der Waals surface area contributed by atoms with E-state index in [9.17, 15) is 0 Å². The molecule has 1 aromatic rings. The molecular formula is C10H10NO.